The molecular formula is C13H20ClN3O. The lowest BCUT2D eigenvalue weighted by Gasteiger charge is -2.21. The summed E-state index contributed by atoms with van der Waals surface area (Å²) in [5.74, 6) is 5.61. The van der Waals surface area contributed by atoms with Crippen LogP contribution in [0.25, 0.3) is 0 Å². The molecule has 1 atom stereocenters. The summed E-state index contributed by atoms with van der Waals surface area (Å²) in [6.07, 6.45) is 0.884. The van der Waals surface area contributed by atoms with Gasteiger partial charge in [-0.05, 0) is 30.5 Å². The first-order chi connectivity index (χ1) is 8.49. The standard InChI is InChI=1S/C13H20ClN3O/c1-4-11(8(2)3)16-13(18)10-7-9(14)5-6-12(10)17-15/h5-8,11,17H,4,15H2,1-3H3,(H,16,18). The van der Waals surface area contributed by atoms with Crippen molar-refractivity contribution in [3.05, 3.63) is 28.8 Å². The van der Waals surface area contributed by atoms with Crippen LogP contribution < -0.4 is 16.6 Å². The van der Waals surface area contributed by atoms with E-state index in [9.17, 15) is 4.79 Å². The number of nitrogens with one attached hydrogen (secondary N) is 2. The largest absolute Gasteiger partial charge is 0.349 e. The topological polar surface area (TPSA) is 67.2 Å². The minimum Gasteiger partial charge on any atom is -0.349 e. The molecule has 1 aromatic carbocycles. The van der Waals surface area contributed by atoms with E-state index in [0.29, 0.717) is 22.2 Å². The van der Waals surface area contributed by atoms with Gasteiger partial charge in [0.2, 0.25) is 0 Å². The Labute approximate surface area is 113 Å². The van der Waals surface area contributed by atoms with Crippen molar-refractivity contribution in [3.8, 4) is 0 Å². The summed E-state index contributed by atoms with van der Waals surface area (Å²) in [5, 5.41) is 3.50. The zero-order valence-corrected chi connectivity index (χ0v) is 11.7. The van der Waals surface area contributed by atoms with E-state index in [1.807, 2.05) is 6.92 Å². The lowest BCUT2D eigenvalue weighted by molar-refractivity contribution is 0.0925. The lowest BCUT2D eigenvalue weighted by atomic mass is 10.0. The van der Waals surface area contributed by atoms with Crippen molar-refractivity contribution >= 4 is 23.2 Å². The summed E-state index contributed by atoms with van der Waals surface area (Å²) >= 11 is 5.90. The van der Waals surface area contributed by atoms with Crippen molar-refractivity contribution in [1.82, 2.24) is 5.32 Å². The molecule has 1 unspecified atom stereocenters. The Morgan fingerprint density at radius 3 is 2.61 bits per heavy atom. The monoisotopic (exact) mass is 269 g/mol. The molecule has 4 nitrogen and oxygen atoms in total. The van der Waals surface area contributed by atoms with Gasteiger partial charge in [-0.15, -0.1) is 0 Å². The van der Waals surface area contributed by atoms with Gasteiger partial charge in [0.1, 0.15) is 0 Å². The van der Waals surface area contributed by atoms with Crippen molar-refractivity contribution in [2.45, 2.75) is 33.2 Å². The number of rotatable bonds is 5. The number of hydrogen-bond donors (Lipinski definition) is 3. The number of carbonyl (C=O) groups is 1. The van der Waals surface area contributed by atoms with Gasteiger partial charge in [-0.3, -0.25) is 10.6 Å². The molecule has 0 aliphatic heterocycles. The van der Waals surface area contributed by atoms with Crippen molar-refractivity contribution < 1.29 is 4.79 Å². The van der Waals surface area contributed by atoms with Gasteiger partial charge in [0.15, 0.2) is 0 Å². The molecule has 0 aliphatic rings. The van der Waals surface area contributed by atoms with Crippen molar-refractivity contribution in [3.63, 3.8) is 0 Å². The van der Waals surface area contributed by atoms with Crippen LogP contribution in [0.5, 0.6) is 0 Å². The number of hydrogen-bond acceptors (Lipinski definition) is 3. The minimum absolute atomic E-state index is 0.141. The van der Waals surface area contributed by atoms with Crippen LogP contribution in [0.2, 0.25) is 5.02 Å². The second-order valence-corrected chi connectivity index (χ2v) is 5.00. The summed E-state index contributed by atoms with van der Waals surface area (Å²) in [7, 11) is 0. The van der Waals surface area contributed by atoms with Gasteiger partial charge in [0, 0.05) is 11.1 Å². The van der Waals surface area contributed by atoms with Crippen LogP contribution in [0.3, 0.4) is 0 Å². The van der Waals surface area contributed by atoms with Gasteiger partial charge in [-0.25, -0.2) is 0 Å². The molecule has 0 radical (unpaired) electrons. The molecule has 0 saturated carbocycles. The molecule has 0 saturated heterocycles. The number of anilines is 1. The summed E-state index contributed by atoms with van der Waals surface area (Å²) < 4.78 is 0. The number of hydrazine groups is 1. The quantitative estimate of drug-likeness (QED) is 0.569. The van der Waals surface area contributed by atoms with Crippen LogP contribution in [0, 0.1) is 5.92 Å². The number of carbonyl (C=O) groups excluding carboxylic acids is 1. The van der Waals surface area contributed by atoms with Gasteiger partial charge in [0.25, 0.3) is 5.91 Å². The molecule has 0 bridgehead atoms. The number of nitrogens with two attached hydrogens (primary N) is 1. The molecule has 4 N–H and O–H groups in total. The van der Waals surface area contributed by atoms with E-state index in [2.05, 4.69) is 24.6 Å². The fraction of sp³-hybridized carbons (Fsp3) is 0.462. The Bertz CT molecular complexity index is 421. The maximum atomic E-state index is 12.2. The Hall–Kier alpha value is -1.26. The molecule has 0 aliphatic carbocycles. The van der Waals surface area contributed by atoms with E-state index in [1.54, 1.807) is 18.2 Å². The number of nitrogen functional groups attached to an aromatic ring is 1. The number of benzene rings is 1. The highest BCUT2D eigenvalue weighted by Gasteiger charge is 2.17. The molecule has 1 aromatic rings. The van der Waals surface area contributed by atoms with E-state index in [0.717, 1.165) is 6.42 Å². The predicted molar refractivity (Wildman–Crippen MR) is 75.6 cm³/mol. The van der Waals surface area contributed by atoms with Gasteiger partial charge in [0.05, 0.1) is 11.3 Å². The molecular weight excluding hydrogens is 250 g/mol. The Morgan fingerprint density at radius 1 is 1.44 bits per heavy atom. The van der Waals surface area contributed by atoms with Crippen LogP contribution in [0.4, 0.5) is 5.69 Å². The third-order valence-electron chi connectivity index (χ3n) is 2.94. The zero-order valence-electron chi connectivity index (χ0n) is 11.0. The predicted octanol–water partition coefficient (Wildman–Crippen LogP) is 2.79. The van der Waals surface area contributed by atoms with Crippen LogP contribution in [0.1, 0.15) is 37.6 Å². The fourth-order valence-electron chi connectivity index (χ4n) is 1.82. The molecule has 5 heteroatoms. The van der Waals surface area contributed by atoms with Crippen LogP contribution in [-0.2, 0) is 0 Å². The maximum absolute atomic E-state index is 12.2. The first-order valence-corrected chi connectivity index (χ1v) is 6.44. The molecule has 1 amide bonds. The maximum Gasteiger partial charge on any atom is 0.253 e. The minimum atomic E-state index is -0.161. The fourth-order valence-corrected chi connectivity index (χ4v) is 1.99. The molecule has 18 heavy (non-hydrogen) atoms. The Kier molecular flexibility index (Phi) is 5.44. The number of amides is 1. The van der Waals surface area contributed by atoms with Crippen molar-refractivity contribution in [1.29, 1.82) is 0 Å². The van der Waals surface area contributed by atoms with Gasteiger partial charge in [-0.1, -0.05) is 32.4 Å². The average Bonchev–Trinajstić information content (AvgIpc) is 2.35. The highest BCUT2D eigenvalue weighted by atomic mass is 35.5. The highest BCUT2D eigenvalue weighted by molar-refractivity contribution is 6.31. The SMILES string of the molecule is CCC(NC(=O)c1cc(Cl)ccc1NN)C(C)C. The Morgan fingerprint density at radius 2 is 2.11 bits per heavy atom. The normalized spacial score (nSPS) is 12.3. The summed E-state index contributed by atoms with van der Waals surface area (Å²) in [6.45, 7) is 6.20. The summed E-state index contributed by atoms with van der Waals surface area (Å²) in [5.41, 5.74) is 3.53. The molecule has 0 aromatic heterocycles. The first kappa shape index (κ1) is 14.8. The van der Waals surface area contributed by atoms with E-state index < -0.39 is 0 Å². The first-order valence-electron chi connectivity index (χ1n) is 6.06. The van der Waals surface area contributed by atoms with Crippen LogP contribution in [-0.4, -0.2) is 11.9 Å². The molecule has 0 heterocycles. The van der Waals surface area contributed by atoms with E-state index in [4.69, 9.17) is 17.4 Å². The van der Waals surface area contributed by atoms with E-state index in [1.165, 1.54) is 0 Å². The van der Waals surface area contributed by atoms with Gasteiger partial charge >= 0.3 is 0 Å². The smallest absolute Gasteiger partial charge is 0.253 e. The molecule has 0 fully saturated rings. The zero-order chi connectivity index (χ0) is 13.7. The third kappa shape index (κ3) is 3.62. The second-order valence-electron chi connectivity index (χ2n) is 4.57. The van der Waals surface area contributed by atoms with E-state index >= 15 is 0 Å². The number of halogens is 1. The van der Waals surface area contributed by atoms with Crippen molar-refractivity contribution in [2.75, 3.05) is 5.43 Å². The van der Waals surface area contributed by atoms with Crippen LogP contribution in [0.15, 0.2) is 18.2 Å². The van der Waals surface area contributed by atoms with E-state index in [-0.39, 0.29) is 11.9 Å². The summed E-state index contributed by atoms with van der Waals surface area (Å²) in [6, 6.07) is 5.13. The lowest BCUT2D eigenvalue weighted by Crippen LogP contribution is -2.38. The van der Waals surface area contributed by atoms with Crippen molar-refractivity contribution in [2.24, 2.45) is 11.8 Å². The summed E-state index contributed by atoms with van der Waals surface area (Å²) in [4.78, 5) is 12.2. The second kappa shape index (κ2) is 6.61. The van der Waals surface area contributed by atoms with Gasteiger partial charge in [-0.2, -0.15) is 0 Å². The third-order valence-corrected chi connectivity index (χ3v) is 3.18. The molecule has 100 valence electrons. The average molecular weight is 270 g/mol. The Balaban J connectivity index is 2.92. The highest BCUT2D eigenvalue weighted by Crippen LogP contribution is 2.20. The molecule has 1 rings (SSSR count). The van der Waals surface area contributed by atoms with Crippen LogP contribution >= 0.6 is 11.6 Å². The van der Waals surface area contributed by atoms with Gasteiger partial charge < -0.3 is 10.7 Å². The molecule has 0 spiro atoms.